The maximum Gasteiger partial charge on any atom is 0.341 e. The number of fused-ring (bicyclic) bond motifs is 1. The van der Waals surface area contributed by atoms with Crippen LogP contribution in [0.2, 0.25) is 0 Å². The van der Waals surface area contributed by atoms with Crippen molar-refractivity contribution in [3.05, 3.63) is 41.9 Å². The molecule has 0 bridgehead atoms. The zero-order valence-electron chi connectivity index (χ0n) is 12.6. The number of hydrogen-bond acceptors (Lipinski definition) is 6. The maximum absolute atomic E-state index is 11.3. The minimum absolute atomic E-state index is 0.0569. The average Bonchev–Trinajstić information content (AvgIpc) is 2.98. The second-order valence-electron chi connectivity index (χ2n) is 4.77. The van der Waals surface area contributed by atoms with Crippen LogP contribution in [0.1, 0.15) is 23.0 Å². The number of carbonyl (C=O) groups is 1. The number of methoxy groups -OCH3 is 1. The van der Waals surface area contributed by atoms with Crippen molar-refractivity contribution in [2.75, 3.05) is 12.4 Å². The molecule has 0 aromatic carbocycles. The van der Waals surface area contributed by atoms with E-state index in [4.69, 9.17) is 4.74 Å². The highest BCUT2D eigenvalue weighted by Gasteiger charge is 2.16. The molecule has 0 unspecified atom stereocenters. The van der Waals surface area contributed by atoms with Crippen molar-refractivity contribution in [1.82, 2.24) is 19.6 Å². The number of pyridine rings is 1. The van der Waals surface area contributed by atoms with Crippen molar-refractivity contribution in [2.24, 2.45) is 0 Å². The number of aromatic carboxylic acids is 1. The Labute approximate surface area is 131 Å². The van der Waals surface area contributed by atoms with E-state index in [9.17, 15) is 9.90 Å². The molecule has 0 aliphatic heterocycles. The Kier molecular flexibility index (Phi) is 3.80. The van der Waals surface area contributed by atoms with Gasteiger partial charge in [-0.3, -0.25) is 0 Å². The second-order valence-corrected chi connectivity index (χ2v) is 4.77. The van der Waals surface area contributed by atoms with E-state index in [-0.39, 0.29) is 5.56 Å². The highest BCUT2D eigenvalue weighted by atomic mass is 16.5. The van der Waals surface area contributed by atoms with Crippen molar-refractivity contribution in [1.29, 1.82) is 0 Å². The molecule has 0 saturated heterocycles. The van der Waals surface area contributed by atoms with Gasteiger partial charge in [-0.2, -0.15) is 5.10 Å². The van der Waals surface area contributed by atoms with Crippen LogP contribution in [0.15, 0.2) is 30.6 Å². The number of aryl methyl sites for hydroxylation is 1. The standard InChI is InChI=1S/C15H15N5O3/c1-3-9-7-12(18-11-5-4-6-16-14(11)23-2)19-13-10(15(21)22)8-17-20(9)13/h4-8H,3H2,1-2H3,(H,18,19)(H,21,22). The van der Waals surface area contributed by atoms with Gasteiger partial charge in [0.1, 0.15) is 17.1 Å². The smallest absolute Gasteiger partial charge is 0.341 e. The average molecular weight is 313 g/mol. The van der Waals surface area contributed by atoms with Gasteiger partial charge in [-0.15, -0.1) is 0 Å². The molecule has 23 heavy (non-hydrogen) atoms. The van der Waals surface area contributed by atoms with Gasteiger partial charge in [-0.1, -0.05) is 6.92 Å². The summed E-state index contributed by atoms with van der Waals surface area (Å²) in [6.07, 6.45) is 3.61. The first-order valence-corrected chi connectivity index (χ1v) is 7.01. The zero-order valence-corrected chi connectivity index (χ0v) is 12.6. The molecule has 3 heterocycles. The van der Waals surface area contributed by atoms with E-state index >= 15 is 0 Å². The number of anilines is 2. The van der Waals surface area contributed by atoms with E-state index in [2.05, 4.69) is 20.4 Å². The zero-order chi connectivity index (χ0) is 16.4. The minimum Gasteiger partial charge on any atom is -0.480 e. The Morgan fingerprint density at radius 2 is 2.30 bits per heavy atom. The van der Waals surface area contributed by atoms with Crippen molar-refractivity contribution in [2.45, 2.75) is 13.3 Å². The summed E-state index contributed by atoms with van der Waals surface area (Å²) in [6, 6.07) is 5.39. The Morgan fingerprint density at radius 1 is 1.48 bits per heavy atom. The van der Waals surface area contributed by atoms with Gasteiger partial charge in [-0.25, -0.2) is 19.3 Å². The summed E-state index contributed by atoms with van der Waals surface area (Å²) >= 11 is 0. The van der Waals surface area contributed by atoms with Crippen LogP contribution < -0.4 is 10.1 Å². The lowest BCUT2D eigenvalue weighted by molar-refractivity contribution is 0.0699. The molecule has 0 aliphatic carbocycles. The van der Waals surface area contributed by atoms with Crippen molar-refractivity contribution in [3.63, 3.8) is 0 Å². The van der Waals surface area contributed by atoms with Crippen LogP contribution in [0.4, 0.5) is 11.5 Å². The first-order chi connectivity index (χ1) is 11.1. The number of ether oxygens (including phenoxy) is 1. The Hall–Kier alpha value is -3.16. The molecule has 0 radical (unpaired) electrons. The van der Waals surface area contributed by atoms with Crippen LogP contribution in [0.5, 0.6) is 5.88 Å². The number of aromatic nitrogens is 4. The summed E-state index contributed by atoms with van der Waals surface area (Å²) in [5.74, 6) is -0.131. The van der Waals surface area contributed by atoms with E-state index < -0.39 is 5.97 Å². The normalized spacial score (nSPS) is 10.7. The van der Waals surface area contributed by atoms with Crippen LogP contribution in [-0.2, 0) is 6.42 Å². The number of carboxylic acid groups (broad SMARTS) is 1. The van der Waals surface area contributed by atoms with E-state index in [0.717, 1.165) is 5.69 Å². The van der Waals surface area contributed by atoms with Gasteiger partial charge in [0.25, 0.3) is 0 Å². The molecule has 0 aliphatic rings. The second kappa shape index (κ2) is 5.91. The van der Waals surface area contributed by atoms with Crippen molar-refractivity contribution in [3.8, 4) is 5.88 Å². The van der Waals surface area contributed by atoms with Gasteiger partial charge < -0.3 is 15.2 Å². The molecular weight excluding hydrogens is 298 g/mol. The van der Waals surface area contributed by atoms with E-state index in [1.807, 2.05) is 13.0 Å². The van der Waals surface area contributed by atoms with Crippen LogP contribution in [0.3, 0.4) is 0 Å². The maximum atomic E-state index is 11.3. The van der Waals surface area contributed by atoms with Gasteiger partial charge in [0.15, 0.2) is 5.65 Å². The lowest BCUT2D eigenvalue weighted by Gasteiger charge is -2.11. The van der Waals surface area contributed by atoms with Crippen LogP contribution in [0.25, 0.3) is 5.65 Å². The molecule has 3 aromatic heterocycles. The molecule has 2 N–H and O–H groups in total. The topological polar surface area (TPSA) is 102 Å². The van der Waals surface area contributed by atoms with Gasteiger partial charge in [0.05, 0.1) is 13.3 Å². The SMILES string of the molecule is CCc1cc(Nc2cccnc2OC)nc2c(C(=O)O)cnn12. The molecule has 8 nitrogen and oxygen atoms in total. The summed E-state index contributed by atoms with van der Waals surface area (Å²) in [6.45, 7) is 1.96. The molecule has 0 spiro atoms. The molecule has 0 atom stereocenters. The number of nitrogens with zero attached hydrogens (tertiary/aromatic N) is 4. The fourth-order valence-corrected chi connectivity index (χ4v) is 2.28. The van der Waals surface area contributed by atoms with Crippen LogP contribution >= 0.6 is 0 Å². The van der Waals surface area contributed by atoms with Gasteiger partial charge in [0.2, 0.25) is 5.88 Å². The minimum atomic E-state index is -1.06. The monoisotopic (exact) mass is 313 g/mol. The van der Waals surface area contributed by atoms with Crippen molar-refractivity contribution < 1.29 is 14.6 Å². The highest BCUT2D eigenvalue weighted by molar-refractivity contribution is 5.94. The highest BCUT2D eigenvalue weighted by Crippen LogP contribution is 2.25. The summed E-state index contributed by atoms with van der Waals surface area (Å²) in [4.78, 5) is 19.8. The lowest BCUT2D eigenvalue weighted by Crippen LogP contribution is -2.05. The van der Waals surface area contributed by atoms with E-state index in [1.54, 1.807) is 18.3 Å². The summed E-state index contributed by atoms with van der Waals surface area (Å²) in [5.41, 5.74) is 1.84. The predicted molar refractivity (Wildman–Crippen MR) is 83.4 cm³/mol. The number of hydrogen-bond donors (Lipinski definition) is 2. The first-order valence-electron chi connectivity index (χ1n) is 7.01. The molecule has 0 fully saturated rings. The Bertz CT molecular complexity index is 875. The molecule has 8 heteroatoms. The number of carboxylic acids is 1. The fourth-order valence-electron chi connectivity index (χ4n) is 2.28. The van der Waals surface area contributed by atoms with Gasteiger partial charge in [0, 0.05) is 18.0 Å². The van der Waals surface area contributed by atoms with Gasteiger partial charge >= 0.3 is 5.97 Å². The van der Waals surface area contributed by atoms with Gasteiger partial charge in [-0.05, 0) is 18.6 Å². The lowest BCUT2D eigenvalue weighted by atomic mass is 10.3. The number of rotatable bonds is 5. The summed E-state index contributed by atoms with van der Waals surface area (Å²) < 4.78 is 6.73. The third-order valence-corrected chi connectivity index (χ3v) is 3.37. The third kappa shape index (κ3) is 2.66. The quantitative estimate of drug-likeness (QED) is 0.744. The van der Waals surface area contributed by atoms with Crippen LogP contribution in [0, 0.1) is 0 Å². The summed E-state index contributed by atoms with van der Waals surface area (Å²) in [5, 5.41) is 16.5. The summed E-state index contributed by atoms with van der Waals surface area (Å²) in [7, 11) is 1.53. The predicted octanol–water partition coefficient (Wildman–Crippen LogP) is 2.14. The molecule has 0 amide bonds. The van der Waals surface area contributed by atoms with Crippen LogP contribution in [-0.4, -0.2) is 37.8 Å². The van der Waals surface area contributed by atoms with Crippen molar-refractivity contribution >= 4 is 23.1 Å². The largest absolute Gasteiger partial charge is 0.480 e. The third-order valence-electron chi connectivity index (χ3n) is 3.37. The molecular formula is C15H15N5O3. The first kappa shape index (κ1) is 14.8. The fraction of sp³-hybridized carbons (Fsp3) is 0.200. The van der Waals surface area contributed by atoms with E-state index in [0.29, 0.717) is 29.5 Å². The molecule has 0 saturated carbocycles. The molecule has 118 valence electrons. The Balaban J connectivity index is 2.10. The Morgan fingerprint density at radius 3 is 3.00 bits per heavy atom. The van der Waals surface area contributed by atoms with E-state index in [1.165, 1.54) is 17.8 Å². The molecule has 3 rings (SSSR count). The molecule has 3 aromatic rings. The number of nitrogens with one attached hydrogen (secondary N) is 1.